The van der Waals surface area contributed by atoms with Crippen molar-refractivity contribution in [1.29, 1.82) is 0 Å². The first kappa shape index (κ1) is 13.0. The second-order valence-electron chi connectivity index (χ2n) is 4.37. The molecule has 0 aliphatic carbocycles. The Labute approximate surface area is 112 Å². The third-order valence-corrected chi connectivity index (χ3v) is 3.45. The van der Waals surface area contributed by atoms with Gasteiger partial charge in [0, 0.05) is 17.4 Å². The molecule has 2 aromatic rings. The Bertz CT molecular complexity index is 554. The molecule has 0 bridgehead atoms. The Hall–Kier alpha value is -1.42. The topological polar surface area (TPSA) is 50.9 Å². The van der Waals surface area contributed by atoms with Gasteiger partial charge in [-0.3, -0.25) is 10.8 Å². The van der Waals surface area contributed by atoms with Gasteiger partial charge >= 0.3 is 0 Å². The minimum Gasteiger partial charge on any atom is -0.271 e. The lowest BCUT2D eigenvalue weighted by Gasteiger charge is -2.19. The van der Waals surface area contributed by atoms with E-state index in [2.05, 4.69) is 16.5 Å². The molecule has 1 heterocycles. The zero-order valence-corrected chi connectivity index (χ0v) is 11.2. The van der Waals surface area contributed by atoms with Crippen LogP contribution in [0.15, 0.2) is 36.7 Å². The number of aryl methyl sites for hydroxylation is 2. The van der Waals surface area contributed by atoms with Crippen molar-refractivity contribution < 1.29 is 0 Å². The van der Waals surface area contributed by atoms with E-state index >= 15 is 0 Å². The predicted molar refractivity (Wildman–Crippen MR) is 74.3 cm³/mol. The molecule has 18 heavy (non-hydrogen) atoms. The molecule has 1 unspecified atom stereocenters. The molecule has 1 aromatic heterocycles. The number of hydrazine groups is 1. The maximum atomic E-state index is 6.34. The molecule has 0 saturated heterocycles. The Morgan fingerprint density at radius 1 is 1.28 bits per heavy atom. The summed E-state index contributed by atoms with van der Waals surface area (Å²) in [6.07, 6.45) is 3.62. The van der Waals surface area contributed by atoms with Gasteiger partial charge in [-0.05, 0) is 36.1 Å². The highest BCUT2D eigenvalue weighted by molar-refractivity contribution is 6.32. The fourth-order valence-electron chi connectivity index (χ4n) is 1.99. The number of benzene rings is 1. The monoisotopic (exact) mass is 261 g/mol. The summed E-state index contributed by atoms with van der Waals surface area (Å²) in [5.41, 5.74) is 6.91. The van der Waals surface area contributed by atoms with E-state index in [1.807, 2.05) is 38.2 Å². The maximum Gasteiger partial charge on any atom is 0.0739 e. The number of hydrogen-bond donors (Lipinski definition) is 2. The number of rotatable bonds is 3. The molecule has 0 aliphatic heterocycles. The van der Waals surface area contributed by atoms with Crippen molar-refractivity contribution in [2.75, 3.05) is 0 Å². The van der Waals surface area contributed by atoms with Crippen molar-refractivity contribution in [2.24, 2.45) is 5.84 Å². The van der Waals surface area contributed by atoms with Crippen LogP contribution in [-0.2, 0) is 0 Å². The van der Waals surface area contributed by atoms with Gasteiger partial charge in [-0.1, -0.05) is 35.9 Å². The molecular formula is C14H16ClN3. The number of pyridine rings is 1. The number of hydrogen-bond acceptors (Lipinski definition) is 3. The van der Waals surface area contributed by atoms with E-state index in [0.29, 0.717) is 0 Å². The quantitative estimate of drug-likeness (QED) is 0.660. The summed E-state index contributed by atoms with van der Waals surface area (Å²) in [4.78, 5) is 4.19. The van der Waals surface area contributed by atoms with E-state index in [1.165, 1.54) is 0 Å². The highest BCUT2D eigenvalue weighted by Gasteiger charge is 2.16. The molecule has 2 rings (SSSR count). The average Bonchev–Trinajstić information content (AvgIpc) is 2.35. The lowest BCUT2D eigenvalue weighted by molar-refractivity contribution is 0.634. The third kappa shape index (κ3) is 2.53. The van der Waals surface area contributed by atoms with E-state index in [9.17, 15) is 0 Å². The normalized spacial score (nSPS) is 12.4. The molecule has 0 saturated carbocycles. The molecule has 0 radical (unpaired) electrons. The van der Waals surface area contributed by atoms with Crippen molar-refractivity contribution in [2.45, 2.75) is 19.9 Å². The molecule has 4 heteroatoms. The molecule has 3 nitrogen and oxygen atoms in total. The number of halogens is 1. The van der Waals surface area contributed by atoms with E-state index in [1.54, 1.807) is 6.20 Å². The van der Waals surface area contributed by atoms with Gasteiger partial charge in [-0.25, -0.2) is 5.43 Å². The zero-order chi connectivity index (χ0) is 13.1. The van der Waals surface area contributed by atoms with Crippen molar-refractivity contribution in [3.8, 4) is 0 Å². The van der Waals surface area contributed by atoms with Crippen molar-refractivity contribution in [3.05, 3.63) is 63.9 Å². The molecule has 3 N–H and O–H groups in total. The van der Waals surface area contributed by atoms with Crippen LogP contribution in [0.2, 0.25) is 5.02 Å². The van der Waals surface area contributed by atoms with Crippen LogP contribution in [0.3, 0.4) is 0 Å². The molecule has 0 fully saturated rings. The Balaban J connectivity index is 2.49. The largest absolute Gasteiger partial charge is 0.271 e. The highest BCUT2D eigenvalue weighted by atomic mass is 35.5. The number of aromatic nitrogens is 1. The fraction of sp³-hybridized carbons (Fsp3) is 0.214. The minimum absolute atomic E-state index is 0.148. The first-order valence-electron chi connectivity index (χ1n) is 5.76. The average molecular weight is 262 g/mol. The molecule has 0 aliphatic rings. The van der Waals surface area contributed by atoms with Gasteiger partial charge in [-0.15, -0.1) is 0 Å². The Morgan fingerprint density at radius 3 is 2.72 bits per heavy atom. The highest BCUT2D eigenvalue weighted by Crippen LogP contribution is 2.29. The lowest BCUT2D eigenvalue weighted by Crippen LogP contribution is -2.29. The van der Waals surface area contributed by atoms with Gasteiger partial charge in [0.1, 0.15) is 0 Å². The summed E-state index contributed by atoms with van der Waals surface area (Å²) >= 11 is 6.34. The van der Waals surface area contributed by atoms with E-state index in [0.717, 1.165) is 27.3 Å². The summed E-state index contributed by atoms with van der Waals surface area (Å²) in [6, 6.07) is 7.83. The Morgan fingerprint density at radius 2 is 2.06 bits per heavy atom. The SMILES string of the molecule is Cc1cncc(C(NN)c2cccc(C)c2Cl)c1. The minimum atomic E-state index is -0.148. The van der Waals surface area contributed by atoms with E-state index < -0.39 is 0 Å². The summed E-state index contributed by atoms with van der Waals surface area (Å²) < 4.78 is 0. The van der Waals surface area contributed by atoms with Crippen LogP contribution in [0.5, 0.6) is 0 Å². The van der Waals surface area contributed by atoms with E-state index in [-0.39, 0.29) is 6.04 Å². The van der Waals surface area contributed by atoms with Crippen molar-refractivity contribution in [1.82, 2.24) is 10.4 Å². The summed E-state index contributed by atoms with van der Waals surface area (Å²) in [7, 11) is 0. The van der Waals surface area contributed by atoms with Gasteiger partial charge in [0.2, 0.25) is 0 Å². The van der Waals surface area contributed by atoms with Crippen LogP contribution >= 0.6 is 11.6 Å². The zero-order valence-electron chi connectivity index (χ0n) is 10.4. The molecule has 1 aromatic carbocycles. The maximum absolute atomic E-state index is 6.34. The second kappa shape index (κ2) is 5.48. The summed E-state index contributed by atoms with van der Waals surface area (Å²) in [5.74, 6) is 5.67. The predicted octanol–water partition coefficient (Wildman–Crippen LogP) is 2.90. The molecule has 94 valence electrons. The smallest absolute Gasteiger partial charge is 0.0739 e. The second-order valence-corrected chi connectivity index (χ2v) is 4.75. The number of nitrogens with zero attached hydrogens (tertiary/aromatic N) is 1. The van der Waals surface area contributed by atoms with Gasteiger partial charge in [0.15, 0.2) is 0 Å². The van der Waals surface area contributed by atoms with Crippen LogP contribution < -0.4 is 11.3 Å². The van der Waals surface area contributed by atoms with Crippen LogP contribution in [0.4, 0.5) is 0 Å². The summed E-state index contributed by atoms with van der Waals surface area (Å²) in [6.45, 7) is 3.98. The molecule has 0 amide bonds. The Kier molecular flexibility index (Phi) is 3.97. The number of nitrogens with two attached hydrogens (primary N) is 1. The first-order chi connectivity index (χ1) is 8.63. The van der Waals surface area contributed by atoms with Crippen LogP contribution in [0, 0.1) is 13.8 Å². The third-order valence-electron chi connectivity index (χ3n) is 2.93. The van der Waals surface area contributed by atoms with Crippen molar-refractivity contribution >= 4 is 11.6 Å². The van der Waals surface area contributed by atoms with Gasteiger partial charge in [0.05, 0.1) is 6.04 Å². The van der Waals surface area contributed by atoms with E-state index in [4.69, 9.17) is 17.4 Å². The van der Waals surface area contributed by atoms with Crippen LogP contribution in [-0.4, -0.2) is 4.98 Å². The standard InChI is InChI=1S/C14H16ClN3/c1-9-6-11(8-17-7-9)14(18-16)12-5-3-4-10(2)13(12)15/h3-8,14,18H,16H2,1-2H3. The van der Waals surface area contributed by atoms with Crippen molar-refractivity contribution in [3.63, 3.8) is 0 Å². The summed E-state index contributed by atoms with van der Waals surface area (Å²) in [5, 5.41) is 0.738. The first-order valence-corrected chi connectivity index (χ1v) is 6.14. The molecule has 0 spiro atoms. The lowest BCUT2D eigenvalue weighted by atomic mass is 9.98. The fourth-order valence-corrected chi connectivity index (χ4v) is 2.23. The number of nitrogens with one attached hydrogen (secondary N) is 1. The van der Waals surface area contributed by atoms with Crippen LogP contribution in [0.1, 0.15) is 28.3 Å². The van der Waals surface area contributed by atoms with Gasteiger partial charge < -0.3 is 0 Å². The van der Waals surface area contributed by atoms with Gasteiger partial charge in [0.25, 0.3) is 0 Å². The van der Waals surface area contributed by atoms with Crippen LogP contribution in [0.25, 0.3) is 0 Å². The van der Waals surface area contributed by atoms with Gasteiger partial charge in [-0.2, -0.15) is 0 Å². The molecular weight excluding hydrogens is 246 g/mol. The molecule has 1 atom stereocenters.